The van der Waals surface area contributed by atoms with Gasteiger partial charge in [0.25, 0.3) is 5.91 Å². The summed E-state index contributed by atoms with van der Waals surface area (Å²) in [5.41, 5.74) is 1.72. The number of benzene rings is 2. The number of nitrogens with zero attached hydrogens (tertiary/aromatic N) is 1. The zero-order valence-electron chi connectivity index (χ0n) is 14.5. The van der Waals surface area contributed by atoms with E-state index < -0.39 is 29.5 Å². The number of carbonyl (C=O) groups is 4. The Labute approximate surface area is 156 Å². The average Bonchev–Trinajstić information content (AvgIpc) is 2.67. The van der Waals surface area contributed by atoms with Crippen molar-refractivity contribution in [2.24, 2.45) is 5.92 Å². The third-order valence-electron chi connectivity index (χ3n) is 4.24. The zero-order chi connectivity index (χ0) is 19.2. The molecule has 1 atom stereocenters. The topological polar surface area (TPSA) is 83.6 Å². The van der Waals surface area contributed by atoms with E-state index in [0.29, 0.717) is 6.42 Å². The van der Waals surface area contributed by atoms with E-state index in [1.54, 1.807) is 12.1 Å². The smallest absolute Gasteiger partial charge is 0.293 e. The molecule has 27 heavy (non-hydrogen) atoms. The summed E-state index contributed by atoms with van der Waals surface area (Å²) in [7, 11) is 0. The number of rotatable bonds is 6. The minimum Gasteiger partial charge on any atom is -0.293 e. The maximum atomic E-state index is 12.6. The second-order valence-corrected chi connectivity index (χ2v) is 6.10. The molecule has 0 aliphatic carbocycles. The molecule has 1 unspecified atom stereocenters. The lowest BCUT2D eigenvalue weighted by Crippen LogP contribution is -2.60. The number of urea groups is 1. The van der Waals surface area contributed by atoms with E-state index in [4.69, 9.17) is 0 Å². The number of barbiturate groups is 1. The molecule has 0 aromatic heterocycles. The van der Waals surface area contributed by atoms with Crippen molar-refractivity contribution in [3.8, 4) is 0 Å². The van der Waals surface area contributed by atoms with E-state index >= 15 is 0 Å². The molecule has 0 radical (unpaired) electrons. The summed E-state index contributed by atoms with van der Waals surface area (Å²) < 4.78 is 0. The van der Waals surface area contributed by atoms with E-state index in [0.717, 1.165) is 16.0 Å². The number of carbonyl (C=O) groups excluding carboxylic acids is 4. The highest BCUT2D eigenvalue weighted by atomic mass is 16.2. The summed E-state index contributed by atoms with van der Waals surface area (Å²) in [4.78, 5) is 50.0. The standard InChI is InChI=1S/C21H18N2O4/c24-17(12-11-15-7-3-1-4-8-15)18-19(25)22-21(27)23(20(18)26)14-13-16-9-5-2-6-10-16/h1-12,18H,13-14H2,(H,22,25,27)/b12-11+. The minimum atomic E-state index is -1.54. The van der Waals surface area contributed by atoms with Crippen molar-refractivity contribution in [3.63, 3.8) is 0 Å². The van der Waals surface area contributed by atoms with Crippen LogP contribution in [0.25, 0.3) is 6.08 Å². The number of hydrogen-bond donors (Lipinski definition) is 1. The second-order valence-electron chi connectivity index (χ2n) is 6.10. The first-order chi connectivity index (χ1) is 13.1. The predicted octanol–water partition coefficient (Wildman–Crippen LogP) is 2.21. The number of ketones is 1. The van der Waals surface area contributed by atoms with Crippen LogP contribution in [0.3, 0.4) is 0 Å². The van der Waals surface area contributed by atoms with Gasteiger partial charge in [-0.3, -0.25) is 24.6 Å². The predicted molar refractivity (Wildman–Crippen MR) is 99.4 cm³/mol. The molecule has 2 aromatic carbocycles. The van der Waals surface area contributed by atoms with Gasteiger partial charge in [-0.1, -0.05) is 66.7 Å². The molecular formula is C21H18N2O4. The average molecular weight is 362 g/mol. The normalized spacial score (nSPS) is 17.3. The van der Waals surface area contributed by atoms with Crippen LogP contribution in [0.15, 0.2) is 66.7 Å². The molecule has 136 valence electrons. The van der Waals surface area contributed by atoms with Crippen LogP contribution in [-0.2, 0) is 20.8 Å². The van der Waals surface area contributed by atoms with E-state index in [9.17, 15) is 19.2 Å². The first-order valence-electron chi connectivity index (χ1n) is 8.53. The summed E-state index contributed by atoms with van der Waals surface area (Å²) in [5, 5.41) is 2.10. The molecule has 1 aliphatic rings. The first kappa shape index (κ1) is 18.3. The quantitative estimate of drug-likeness (QED) is 0.631. The van der Waals surface area contributed by atoms with Crippen molar-refractivity contribution in [1.82, 2.24) is 10.2 Å². The Morgan fingerprint density at radius 2 is 1.59 bits per heavy atom. The Kier molecular flexibility index (Phi) is 5.56. The molecule has 0 spiro atoms. The van der Waals surface area contributed by atoms with Crippen molar-refractivity contribution in [1.29, 1.82) is 0 Å². The van der Waals surface area contributed by atoms with Crippen LogP contribution in [0.2, 0.25) is 0 Å². The van der Waals surface area contributed by atoms with Crippen LogP contribution < -0.4 is 5.32 Å². The summed E-state index contributed by atoms with van der Waals surface area (Å²) in [6, 6.07) is 17.6. The first-order valence-corrected chi connectivity index (χ1v) is 8.53. The Bertz CT molecular complexity index is 891. The highest BCUT2D eigenvalue weighted by Crippen LogP contribution is 2.14. The molecule has 1 saturated heterocycles. The van der Waals surface area contributed by atoms with E-state index in [2.05, 4.69) is 5.32 Å². The van der Waals surface area contributed by atoms with Gasteiger partial charge in [0, 0.05) is 6.54 Å². The molecule has 1 heterocycles. The van der Waals surface area contributed by atoms with Gasteiger partial charge in [-0.25, -0.2) is 4.79 Å². The second kappa shape index (κ2) is 8.23. The van der Waals surface area contributed by atoms with Crippen LogP contribution in [0.1, 0.15) is 11.1 Å². The number of imide groups is 2. The molecule has 0 bridgehead atoms. The maximum Gasteiger partial charge on any atom is 0.330 e. The van der Waals surface area contributed by atoms with Gasteiger partial charge in [0.2, 0.25) is 5.91 Å². The Morgan fingerprint density at radius 1 is 0.963 bits per heavy atom. The number of allylic oxidation sites excluding steroid dienone is 1. The van der Waals surface area contributed by atoms with Gasteiger partial charge in [-0.2, -0.15) is 0 Å². The van der Waals surface area contributed by atoms with Crippen LogP contribution >= 0.6 is 0 Å². The van der Waals surface area contributed by atoms with Crippen molar-refractivity contribution in [2.45, 2.75) is 6.42 Å². The van der Waals surface area contributed by atoms with Gasteiger partial charge in [0.1, 0.15) is 0 Å². The fourth-order valence-corrected chi connectivity index (χ4v) is 2.80. The van der Waals surface area contributed by atoms with Gasteiger partial charge in [-0.15, -0.1) is 0 Å². The lowest BCUT2D eigenvalue weighted by Gasteiger charge is -2.29. The van der Waals surface area contributed by atoms with Crippen molar-refractivity contribution >= 4 is 29.7 Å². The molecule has 1 N–H and O–H groups in total. The van der Waals surface area contributed by atoms with E-state index in [1.165, 1.54) is 12.2 Å². The molecule has 6 heteroatoms. The fourth-order valence-electron chi connectivity index (χ4n) is 2.80. The lowest BCUT2D eigenvalue weighted by atomic mass is 9.98. The summed E-state index contributed by atoms with van der Waals surface area (Å²) >= 11 is 0. The number of hydrogen-bond acceptors (Lipinski definition) is 4. The van der Waals surface area contributed by atoms with Gasteiger partial charge in [0.15, 0.2) is 11.7 Å². The van der Waals surface area contributed by atoms with Crippen molar-refractivity contribution in [3.05, 3.63) is 77.9 Å². The van der Waals surface area contributed by atoms with Gasteiger partial charge < -0.3 is 0 Å². The molecule has 3 rings (SSSR count). The summed E-state index contributed by atoms with van der Waals surface area (Å²) in [6.45, 7) is 0.0914. The summed E-state index contributed by atoms with van der Waals surface area (Å²) in [6.07, 6.45) is 3.17. The van der Waals surface area contributed by atoms with E-state index in [-0.39, 0.29) is 6.54 Å². The monoisotopic (exact) mass is 362 g/mol. The van der Waals surface area contributed by atoms with Gasteiger partial charge in [0.05, 0.1) is 0 Å². The van der Waals surface area contributed by atoms with Gasteiger partial charge >= 0.3 is 6.03 Å². The maximum absolute atomic E-state index is 12.6. The fraction of sp³-hybridized carbons (Fsp3) is 0.143. The Morgan fingerprint density at radius 3 is 2.26 bits per heavy atom. The number of nitrogens with one attached hydrogen (secondary N) is 1. The van der Waals surface area contributed by atoms with Crippen molar-refractivity contribution < 1.29 is 19.2 Å². The van der Waals surface area contributed by atoms with Crippen LogP contribution in [-0.4, -0.2) is 35.1 Å². The molecule has 1 fully saturated rings. The van der Waals surface area contributed by atoms with Gasteiger partial charge in [-0.05, 0) is 23.6 Å². The third-order valence-corrected chi connectivity index (χ3v) is 4.24. The third kappa shape index (κ3) is 4.36. The lowest BCUT2D eigenvalue weighted by molar-refractivity contribution is -0.146. The Balaban J connectivity index is 1.71. The number of amides is 4. The highest BCUT2D eigenvalue weighted by Gasteiger charge is 2.43. The molecule has 1 aliphatic heterocycles. The highest BCUT2D eigenvalue weighted by molar-refractivity contribution is 6.28. The molecular weight excluding hydrogens is 344 g/mol. The molecule has 0 saturated carbocycles. The summed E-state index contributed by atoms with van der Waals surface area (Å²) in [5.74, 6) is -3.87. The molecule has 2 aromatic rings. The largest absolute Gasteiger partial charge is 0.330 e. The van der Waals surface area contributed by atoms with E-state index in [1.807, 2.05) is 48.5 Å². The molecule has 4 amide bonds. The van der Waals surface area contributed by atoms with Crippen LogP contribution in [0.5, 0.6) is 0 Å². The van der Waals surface area contributed by atoms with Crippen LogP contribution in [0.4, 0.5) is 4.79 Å². The minimum absolute atomic E-state index is 0.0914. The van der Waals surface area contributed by atoms with Crippen LogP contribution in [0, 0.1) is 5.92 Å². The zero-order valence-corrected chi connectivity index (χ0v) is 14.5. The SMILES string of the molecule is O=C(/C=C/c1ccccc1)C1C(=O)NC(=O)N(CCc2ccccc2)C1=O. The van der Waals surface area contributed by atoms with Crippen molar-refractivity contribution in [2.75, 3.05) is 6.54 Å². The Hall–Kier alpha value is -3.54. The molecule has 6 nitrogen and oxygen atoms in total.